The van der Waals surface area contributed by atoms with E-state index in [2.05, 4.69) is 13.8 Å². The maximum Gasteiger partial charge on any atom is 0.332 e. The third-order valence-electron chi connectivity index (χ3n) is 11.5. The predicted molar refractivity (Wildman–Crippen MR) is 146 cm³/mol. The van der Waals surface area contributed by atoms with E-state index in [1.54, 1.807) is 0 Å². The lowest BCUT2D eigenvalue weighted by Gasteiger charge is -2.69. The van der Waals surface area contributed by atoms with Crippen molar-refractivity contribution < 1.29 is 29.6 Å². The first-order valence-electron chi connectivity index (χ1n) is 14.4. The number of nitrogens with two attached hydrogens (primary N) is 2. The van der Waals surface area contributed by atoms with Crippen LogP contribution >= 0.6 is 0 Å². The number of carbonyl (C=O) groups excluding carboxylic acids is 1. The molecule has 0 bridgehead atoms. The predicted octanol–water partition coefficient (Wildman–Crippen LogP) is 2.79. The van der Waals surface area contributed by atoms with Gasteiger partial charge in [-0.1, -0.05) is 44.2 Å². The smallest absolute Gasteiger partial charge is 0.332 e. The molecule has 1 aromatic carbocycles. The molecule has 7 N–H and O–H groups in total. The van der Waals surface area contributed by atoms with Gasteiger partial charge in [0.15, 0.2) is 0 Å². The van der Waals surface area contributed by atoms with Crippen molar-refractivity contribution in [3.05, 3.63) is 47.0 Å². The fourth-order valence-corrected chi connectivity index (χ4v) is 9.89. The lowest BCUT2D eigenvalue weighted by atomic mass is 9.36. The molecule has 5 rings (SSSR count). The van der Waals surface area contributed by atoms with Crippen molar-refractivity contribution in [1.82, 2.24) is 0 Å². The van der Waals surface area contributed by atoms with Crippen molar-refractivity contribution in [3.63, 3.8) is 0 Å². The van der Waals surface area contributed by atoms with E-state index in [-0.39, 0.29) is 41.2 Å². The number of hydrogen-bond acceptors (Lipinski definition) is 7. The van der Waals surface area contributed by atoms with Crippen molar-refractivity contribution in [2.45, 2.75) is 90.1 Å². The maximum absolute atomic E-state index is 12.8. The Morgan fingerprint density at radius 2 is 1.77 bits per heavy atom. The van der Waals surface area contributed by atoms with Gasteiger partial charge < -0.3 is 31.5 Å². The minimum atomic E-state index is -1.03. The summed E-state index contributed by atoms with van der Waals surface area (Å²) in [6.45, 7) is 6.08. The molecule has 4 aliphatic rings. The summed E-state index contributed by atoms with van der Waals surface area (Å²) in [6.07, 6.45) is 1.92. The molecule has 8 heteroatoms. The quantitative estimate of drug-likeness (QED) is 0.282. The van der Waals surface area contributed by atoms with Crippen LogP contribution in [0, 0.1) is 34.0 Å². The topological polar surface area (TPSA) is 156 Å². The van der Waals surface area contributed by atoms with Crippen LogP contribution in [0.4, 0.5) is 0 Å². The Morgan fingerprint density at radius 1 is 1.08 bits per heavy atom. The van der Waals surface area contributed by atoms with Gasteiger partial charge in [-0.3, -0.25) is 4.79 Å². The number of aliphatic hydroxyl groups is 2. The average molecular weight is 541 g/mol. The van der Waals surface area contributed by atoms with Crippen molar-refractivity contribution in [2.75, 3.05) is 6.54 Å². The van der Waals surface area contributed by atoms with Gasteiger partial charge >= 0.3 is 11.9 Å². The van der Waals surface area contributed by atoms with Gasteiger partial charge in [-0.15, -0.1) is 0 Å². The molecule has 4 fully saturated rings. The zero-order valence-corrected chi connectivity index (χ0v) is 23.3. The number of carboxylic acids is 1. The monoisotopic (exact) mass is 540 g/mol. The van der Waals surface area contributed by atoms with Gasteiger partial charge in [-0.25, -0.2) is 4.79 Å². The largest absolute Gasteiger partial charge is 0.478 e. The molecular weight excluding hydrogens is 496 g/mol. The number of esters is 1. The first-order chi connectivity index (χ1) is 18.4. The summed E-state index contributed by atoms with van der Waals surface area (Å²) in [5.74, 6) is -1.88. The molecule has 0 radical (unpaired) electrons. The second-order valence-electron chi connectivity index (χ2n) is 13.1. The fraction of sp³-hybridized carbons (Fsp3) is 0.677. The Morgan fingerprint density at radius 3 is 2.38 bits per heavy atom. The van der Waals surface area contributed by atoms with Gasteiger partial charge in [0.1, 0.15) is 6.10 Å². The number of hydrogen-bond donors (Lipinski definition) is 5. The van der Waals surface area contributed by atoms with Gasteiger partial charge in [0.25, 0.3) is 0 Å². The van der Waals surface area contributed by atoms with Gasteiger partial charge in [0.05, 0.1) is 12.2 Å². The van der Waals surface area contributed by atoms with E-state index in [1.165, 1.54) is 6.92 Å². The van der Waals surface area contributed by atoms with E-state index in [0.29, 0.717) is 31.4 Å². The highest BCUT2D eigenvalue weighted by molar-refractivity contribution is 5.89. The lowest BCUT2D eigenvalue weighted by Crippen LogP contribution is -2.70. The molecule has 0 spiro atoms. The zero-order valence-electron chi connectivity index (χ0n) is 23.3. The number of aliphatic carboxylic acids is 1. The van der Waals surface area contributed by atoms with Crippen LogP contribution in [-0.2, 0) is 20.7 Å². The Labute approximate surface area is 230 Å². The van der Waals surface area contributed by atoms with Gasteiger partial charge in [-0.2, -0.15) is 0 Å². The number of ether oxygens (including phenoxy) is 1. The van der Waals surface area contributed by atoms with Crippen molar-refractivity contribution in [2.24, 2.45) is 45.5 Å². The van der Waals surface area contributed by atoms with Gasteiger partial charge in [0.2, 0.25) is 0 Å². The van der Waals surface area contributed by atoms with Crippen LogP contribution in [-0.4, -0.2) is 58.2 Å². The standard InChI is InChI=1S/C31H44N2O6/c1-17(34)39-24-15-30(3)21(25(24)19(28(37)38)13-18-7-5-4-6-8-18)14-23(36)27-29(2)11-10-22(35)26(33)20(29)9-12-31(27,30)16-32/h4-8,20-24,26-27,35-36H,9-16,32-33H2,1-3H3,(H,37,38)/b25-19-/t20-,21-,22+,23+,24-,26-,27-,29-,30-,31?/m0/s1. The first-order valence-corrected chi connectivity index (χ1v) is 14.4. The Kier molecular flexibility index (Phi) is 7.24. The van der Waals surface area contributed by atoms with E-state index in [1.807, 2.05) is 30.3 Å². The van der Waals surface area contributed by atoms with Crippen molar-refractivity contribution in [3.8, 4) is 0 Å². The molecule has 4 aliphatic carbocycles. The number of carbonyl (C=O) groups is 2. The van der Waals surface area contributed by atoms with Crippen molar-refractivity contribution in [1.29, 1.82) is 0 Å². The summed E-state index contributed by atoms with van der Waals surface area (Å²) in [6, 6.07) is 9.09. The number of fused-ring (bicyclic) bond motifs is 5. The van der Waals surface area contributed by atoms with Gasteiger partial charge in [0, 0.05) is 25.0 Å². The second-order valence-corrected chi connectivity index (χ2v) is 13.1. The molecule has 0 saturated heterocycles. The molecule has 4 saturated carbocycles. The summed E-state index contributed by atoms with van der Waals surface area (Å²) in [7, 11) is 0. The fourth-order valence-electron chi connectivity index (χ4n) is 9.89. The Balaban J connectivity index is 1.66. The number of benzene rings is 1. The SMILES string of the molecule is CC(=O)O[C@H]1C[C@@]2(C)[C@@H](C[C@@H](O)[C@@H]3C2(CN)CC[C@H]2[C@H](N)[C@H](O)CC[C@]32C)/C1=C(\Cc1ccccc1)C(=O)O. The molecule has 1 aromatic rings. The summed E-state index contributed by atoms with van der Waals surface area (Å²) < 4.78 is 5.88. The van der Waals surface area contributed by atoms with Gasteiger partial charge in [-0.05, 0) is 90.2 Å². The minimum Gasteiger partial charge on any atom is -0.478 e. The summed E-state index contributed by atoms with van der Waals surface area (Å²) in [5.41, 5.74) is 13.7. The van der Waals surface area contributed by atoms with E-state index in [0.717, 1.165) is 24.8 Å². The zero-order chi connectivity index (χ0) is 28.3. The first kappa shape index (κ1) is 28.3. The summed E-state index contributed by atoms with van der Waals surface area (Å²) in [4.78, 5) is 25.1. The summed E-state index contributed by atoms with van der Waals surface area (Å²) in [5, 5.41) is 33.0. The van der Waals surface area contributed by atoms with Crippen molar-refractivity contribution >= 4 is 11.9 Å². The third kappa shape index (κ3) is 4.17. The van der Waals surface area contributed by atoms with Crippen LogP contribution in [0.5, 0.6) is 0 Å². The summed E-state index contributed by atoms with van der Waals surface area (Å²) >= 11 is 0. The highest BCUT2D eigenvalue weighted by Crippen LogP contribution is 2.73. The van der Waals surface area contributed by atoms with Crippen LogP contribution in [0.15, 0.2) is 41.5 Å². The highest BCUT2D eigenvalue weighted by atomic mass is 16.5. The van der Waals surface area contributed by atoms with Crippen LogP contribution in [0.2, 0.25) is 0 Å². The second kappa shape index (κ2) is 9.98. The molecule has 0 aliphatic heterocycles. The number of aliphatic hydroxyl groups excluding tert-OH is 2. The van der Waals surface area contributed by atoms with E-state index in [9.17, 15) is 24.9 Å². The van der Waals surface area contributed by atoms with E-state index < -0.39 is 41.1 Å². The molecule has 0 heterocycles. The van der Waals surface area contributed by atoms with Crippen LogP contribution < -0.4 is 11.5 Å². The molecule has 39 heavy (non-hydrogen) atoms. The van der Waals surface area contributed by atoms with Crippen LogP contribution in [0.25, 0.3) is 0 Å². The normalized spacial score (nSPS) is 44.5. The molecule has 1 unspecified atom stereocenters. The average Bonchev–Trinajstić information content (AvgIpc) is 3.16. The molecule has 0 aromatic heterocycles. The Hall–Kier alpha value is -2.26. The van der Waals surface area contributed by atoms with E-state index in [4.69, 9.17) is 16.2 Å². The Bertz CT molecular complexity index is 1150. The lowest BCUT2D eigenvalue weighted by molar-refractivity contribution is -0.230. The third-order valence-corrected chi connectivity index (χ3v) is 11.5. The number of carboxylic acid groups (broad SMARTS) is 1. The molecular formula is C31H44N2O6. The van der Waals surface area contributed by atoms with Crippen LogP contribution in [0.1, 0.15) is 64.9 Å². The maximum atomic E-state index is 12.8. The number of rotatable bonds is 5. The molecule has 10 atom stereocenters. The molecule has 8 nitrogen and oxygen atoms in total. The molecule has 214 valence electrons. The minimum absolute atomic E-state index is 0.0640. The highest BCUT2D eigenvalue weighted by Gasteiger charge is 2.72. The molecule has 0 amide bonds. The van der Waals surface area contributed by atoms with Crippen LogP contribution in [0.3, 0.4) is 0 Å². The van der Waals surface area contributed by atoms with E-state index >= 15 is 0 Å².